The van der Waals surface area contributed by atoms with Gasteiger partial charge in [-0.2, -0.15) is 15.3 Å². The van der Waals surface area contributed by atoms with Crippen LogP contribution in [0, 0.1) is 11.3 Å². The smallest absolute Gasteiger partial charge is 0.322 e. The zero-order valence-corrected chi connectivity index (χ0v) is 5.85. The molecule has 2 rings (SSSR count). The van der Waals surface area contributed by atoms with Crippen molar-refractivity contribution in [3.8, 4) is 17.5 Å². The second-order valence-electron chi connectivity index (χ2n) is 2.02. The molecule has 6 nitrogen and oxygen atoms in total. The predicted octanol–water partition coefficient (Wildman–Crippen LogP) is 0.331. The van der Waals surface area contributed by atoms with Crippen LogP contribution in [0.4, 0.5) is 0 Å². The van der Waals surface area contributed by atoms with Crippen molar-refractivity contribution in [3.05, 3.63) is 18.3 Å². The molecule has 12 heavy (non-hydrogen) atoms. The Bertz CT molecular complexity index is 409. The van der Waals surface area contributed by atoms with E-state index in [9.17, 15) is 0 Å². The van der Waals surface area contributed by atoms with Crippen molar-refractivity contribution in [1.29, 1.82) is 5.26 Å². The van der Waals surface area contributed by atoms with Gasteiger partial charge in [-0.1, -0.05) is 5.16 Å². The summed E-state index contributed by atoms with van der Waals surface area (Å²) in [5, 5.41) is 18.2. The highest BCUT2D eigenvalue weighted by Gasteiger charge is 2.07. The van der Waals surface area contributed by atoms with Gasteiger partial charge in [-0.15, -0.1) is 0 Å². The number of aromatic nitrogens is 4. The Kier molecular flexibility index (Phi) is 1.35. The van der Waals surface area contributed by atoms with Crippen LogP contribution in [0.15, 0.2) is 16.9 Å². The highest BCUT2D eigenvalue weighted by atomic mass is 16.5. The van der Waals surface area contributed by atoms with Crippen LogP contribution < -0.4 is 0 Å². The molecular formula is C6H3N5O. The fourth-order valence-corrected chi connectivity index (χ4v) is 0.759. The molecule has 0 amide bonds. The van der Waals surface area contributed by atoms with Gasteiger partial charge in [0.25, 0.3) is 0 Å². The van der Waals surface area contributed by atoms with E-state index in [4.69, 9.17) is 5.26 Å². The van der Waals surface area contributed by atoms with Crippen molar-refractivity contribution >= 4 is 0 Å². The summed E-state index contributed by atoms with van der Waals surface area (Å²) >= 11 is 0. The normalized spacial score (nSPS) is 9.58. The number of nitrogens with one attached hydrogen (secondary N) is 1. The topological polar surface area (TPSA) is 91.4 Å². The summed E-state index contributed by atoms with van der Waals surface area (Å²) in [5.41, 5.74) is 0.695. The fourth-order valence-electron chi connectivity index (χ4n) is 0.759. The first-order valence-electron chi connectivity index (χ1n) is 3.13. The van der Waals surface area contributed by atoms with Crippen molar-refractivity contribution in [2.75, 3.05) is 0 Å². The van der Waals surface area contributed by atoms with Crippen LogP contribution in [0.3, 0.4) is 0 Å². The summed E-state index contributed by atoms with van der Waals surface area (Å²) in [6, 6.07) is 1.74. The highest BCUT2D eigenvalue weighted by molar-refractivity contribution is 5.51. The van der Waals surface area contributed by atoms with Crippen molar-refractivity contribution < 1.29 is 4.52 Å². The molecule has 0 spiro atoms. The average Bonchev–Trinajstić information content (AvgIpc) is 2.75. The minimum atomic E-state index is -0.0498. The van der Waals surface area contributed by atoms with Crippen LogP contribution in [-0.2, 0) is 0 Å². The standard InChI is InChI=1S/C6H3N5O/c7-1-5-10-6(11-12-5)4-2-8-9-3-4/h2-3H,(H,8,9). The molecule has 0 atom stereocenters. The van der Waals surface area contributed by atoms with E-state index >= 15 is 0 Å². The van der Waals surface area contributed by atoms with E-state index in [1.807, 2.05) is 0 Å². The molecule has 0 aliphatic carbocycles. The molecule has 0 bridgehead atoms. The second-order valence-corrected chi connectivity index (χ2v) is 2.02. The first kappa shape index (κ1) is 6.54. The van der Waals surface area contributed by atoms with Gasteiger partial charge in [0.1, 0.15) is 0 Å². The van der Waals surface area contributed by atoms with Crippen LogP contribution >= 0.6 is 0 Å². The molecule has 0 unspecified atom stereocenters. The van der Waals surface area contributed by atoms with E-state index in [2.05, 4.69) is 24.9 Å². The third-order valence-electron chi connectivity index (χ3n) is 1.28. The zero-order valence-electron chi connectivity index (χ0n) is 5.85. The summed E-state index contributed by atoms with van der Waals surface area (Å²) in [6.45, 7) is 0. The van der Waals surface area contributed by atoms with Gasteiger partial charge in [-0.05, 0) is 0 Å². The number of aromatic amines is 1. The summed E-state index contributed by atoms with van der Waals surface area (Å²) < 4.78 is 4.57. The molecule has 0 aromatic carbocycles. The number of nitrogens with zero attached hydrogens (tertiary/aromatic N) is 4. The Labute approximate surface area is 66.8 Å². The van der Waals surface area contributed by atoms with Crippen LogP contribution in [0.1, 0.15) is 5.89 Å². The lowest BCUT2D eigenvalue weighted by atomic mass is 10.3. The molecule has 2 heterocycles. The van der Waals surface area contributed by atoms with Gasteiger partial charge >= 0.3 is 5.89 Å². The number of rotatable bonds is 1. The van der Waals surface area contributed by atoms with Gasteiger partial charge < -0.3 is 4.52 Å². The lowest BCUT2D eigenvalue weighted by Crippen LogP contribution is -1.76. The maximum atomic E-state index is 8.38. The maximum absolute atomic E-state index is 8.38. The zero-order chi connectivity index (χ0) is 8.39. The van der Waals surface area contributed by atoms with Gasteiger partial charge in [0.15, 0.2) is 6.07 Å². The van der Waals surface area contributed by atoms with Gasteiger partial charge in [-0.25, -0.2) is 0 Å². The van der Waals surface area contributed by atoms with E-state index in [1.54, 1.807) is 18.5 Å². The fraction of sp³-hybridized carbons (Fsp3) is 0. The van der Waals surface area contributed by atoms with E-state index in [1.165, 1.54) is 0 Å². The van der Waals surface area contributed by atoms with Crippen LogP contribution in [0.25, 0.3) is 11.4 Å². The van der Waals surface area contributed by atoms with Crippen molar-refractivity contribution in [1.82, 2.24) is 20.3 Å². The third-order valence-corrected chi connectivity index (χ3v) is 1.28. The van der Waals surface area contributed by atoms with Gasteiger partial charge in [0.2, 0.25) is 5.82 Å². The quantitative estimate of drug-likeness (QED) is 0.650. The minimum Gasteiger partial charge on any atom is -0.322 e. The summed E-state index contributed by atoms with van der Waals surface area (Å²) in [6.07, 6.45) is 3.16. The van der Waals surface area contributed by atoms with Crippen molar-refractivity contribution in [2.45, 2.75) is 0 Å². The van der Waals surface area contributed by atoms with Crippen LogP contribution in [-0.4, -0.2) is 20.3 Å². The number of H-pyrrole nitrogens is 1. The first-order chi connectivity index (χ1) is 5.90. The molecule has 58 valence electrons. The van der Waals surface area contributed by atoms with E-state index < -0.39 is 0 Å². The molecule has 1 N–H and O–H groups in total. The Balaban J connectivity index is 2.44. The second kappa shape index (κ2) is 2.47. The predicted molar refractivity (Wildman–Crippen MR) is 36.6 cm³/mol. The molecule has 6 heteroatoms. The van der Waals surface area contributed by atoms with E-state index in [-0.39, 0.29) is 5.89 Å². The Morgan fingerprint density at radius 1 is 1.58 bits per heavy atom. The average molecular weight is 161 g/mol. The van der Waals surface area contributed by atoms with Gasteiger partial charge in [0, 0.05) is 6.20 Å². The molecule has 0 aliphatic rings. The number of hydrogen-bond donors (Lipinski definition) is 1. The molecule has 0 saturated heterocycles. The number of nitriles is 1. The van der Waals surface area contributed by atoms with Crippen molar-refractivity contribution in [3.63, 3.8) is 0 Å². The lowest BCUT2D eigenvalue weighted by Gasteiger charge is -1.78. The highest BCUT2D eigenvalue weighted by Crippen LogP contribution is 2.11. The molecule has 2 aromatic rings. The molecule has 0 saturated carbocycles. The SMILES string of the molecule is N#Cc1nc(-c2cn[nH]c2)no1. The molecule has 2 aromatic heterocycles. The Morgan fingerprint density at radius 2 is 2.50 bits per heavy atom. The molecule has 0 fully saturated rings. The summed E-state index contributed by atoms with van der Waals surface area (Å²) in [7, 11) is 0. The van der Waals surface area contributed by atoms with Crippen LogP contribution in [0.2, 0.25) is 0 Å². The van der Waals surface area contributed by atoms with Crippen molar-refractivity contribution in [2.24, 2.45) is 0 Å². The van der Waals surface area contributed by atoms with Crippen LogP contribution in [0.5, 0.6) is 0 Å². The maximum Gasteiger partial charge on any atom is 0.329 e. The van der Waals surface area contributed by atoms with Gasteiger partial charge in [0.05, 0.1) is 11.8 Å². The Morgan fingerprint density at radius 3 is 3.08 bits per heavy atom. The third kappa shape index (κ3) is 0.932. The molecular weight excluding hydrogens is 158 g/mol. The lowest BCUT2D eigenvalue weighted by molar-refractivity contribution is 0.408. The molecule has 0 aliphatic heterocycles. The van der Waals surface area contributed by atoms with Gasteiger partial charge in [-0.3, -0.25) is 5.10 Å². The number of hydrogen-bond acceptors (Lipinski definition) is 5. The van der Waals surface area contributed by atoms with E-state index in [0.717, 1.165) is 0 Å². The monoisotopic (exact) mass is 161 g/mol. The Hall–Kier alpha value is -2.16. The minimum absolute atomic E-state index is 0.0498. The van der Waals surface area contributed by atoms with E-state index in [0.29, 0.717) is 11.4 Å². The first-order valence-corrected chi connectivity index (χ1v) is 3.13. The summed E-state index contributed by atoms with van der Waals surface area (Å²) in [4.78, 5) is 3.77. The summed E-state index contributed by atoms with van der Waals surface area (Å²) in [5.74, 6) is 0.312. The molecule has 0 radical (unpaired) electrons. The largest absolute Gasteiger partial charge is 0.329 e.